The average Bonchev–Trinajstić information content (AvgIpc) is 2.99. The topological polar surface area (TPSA) is 123 Å². The fourth-order valence-electron chi connectivity index (χ4n) is 6.86. The van der Waals surface area contributed by atoms with E-state index in [1.165, 1.54) is 24.2 Å². The number of urea groups is 1. The van der Waals surface area contributed by atoms with Gasteiger partial charge in [-0.25, -0.2) is 4.79 Å². The van der Waals surface area contributed by atoms with Gasteiger partial charge >= 0.3 is 6.03 Å². The Morgan fingerprint density at radius 1 is 0.860 bits per heavy atom. The molecule has 0 unspecified atom stereocenters. The van der Waals surface area contributed by atoms with E-state index < -0.39 is 6.03 Å². The summed E-state index contributed by atoms with van der Waals surface area (Å²) in [5.74, 6) is 0.927. The third kappa shape index (κ3) is 9.15. The zero-order chi connectivity index (χ0) is 30.2. The van der Waals surface area contributed by atoms with Crippen LogP contribution in [0.25, 0.3) is 0 Å². The van der Waals surface area contributed by atoms with Gasteiger partial charge in [0.1, 0.15) is 5.75 Å². The Kier molecular flexibility index (Phi) is 10.9. The molecular weight excluding hydrogens is 548 g/mol. The number of benzene rings is 1. The standard InChI is InChI=1S/C32H48N6O5/c1-23-7-8-27(19-28(23)38-18-13-29(39)35-32(38)42)43-22-31(41)34-26-11-16-36(17-12-26)20-24-9-14-37(15-10-24)21-30(40)33-25-5-3-2-4-6-25/h7-8,19,24-26H,2-6,9-18,20-22H2,1H3,(H,33,40)(H,34,41)(H,35,39,42). The molecule has 1 saturated carbocycles. The van der Waals surface area contributed by atoms with Gasteiger partial charge in [-0.2, -0.15) is 0 Å². The van der Waals surface area contributed by atoms with E-state index in [2.05, 4.69) is 25.8 Å². The van der Waals surface area contributed by atoms with Crippen LogP contribution in [0.5, 0.6) is 5.75 Å². The minimum absolute atomic E-state index is 0.0926. The fourth-order valence-corrected chi connectivity index (χ4v) is 6.86. The SMILES string of the molecule is Cc1ccc(OCC(=O)NC2CCN(CC3CCN(CC(=O)NC4CCCCC4)CC3)CC2)cc1N1CCC(=O)NC1=O. The third-order valence-corrected chi connectivity index (χ3v) is 9.41. The lowest BCUT2D eigenvalue weighted by Gasteiger charge is -2.37. The molecule has 0 aromatic heterocycles. The lowest BCUT2D eigenvalue weighted by Crippen LogP contribution is -2.49. The molecule has 4 aliphatic rings. The maximum atomic E-state index is 12.6. The Morgan fingerprint density at radius 2 is 1.53 bits per heavy atom. The zero-order valence-corrected chi connectivity index (χ0v) is 25.6. The van der Waals surface area contributed by atoms with Gasteiger partial charge < -0.3 is 20.3 Å². The van der Waals surface area contributed by atoms with Gasteiger partial charge in [-0.05, 0) is 76.1 Å². The minimum Gasteiger partial charge on any atom is -0.484 e. The molecule has 1 aromatic rings. The Balaban J connectivity index is 0.964. The van der Waals surface area contributed by atoms with Gasteiger partial charge in [-0.3, -0.25) is 29.5 Å². The number of carbonyl (C=O) groups is 4. The van der Waals surface area contributed by atoms with Crippen LogP contribution >= 0.6 is 0 Å². The molecule has 0 atom stereocenters. The quantitative estimate of drug-likeness (QED) is 0.379. The molecule has 3 heterocycles. The van der Waals surface area contributed by atoms with Crippen molar-refractivity contribution >= 4 is 29.4 Å². The van der Waals surface area contributed by atoms with Crippen LogP contribution in [0.1, 0.15) is 69.8 Å². The molecule has 1 aromatic carbocycles. The summed E-state index contributed by atoms with van der Waals surface area (Å²) in [5, 5.41) is 8.71. The molecule has 3 N–H and O–H groups in total. The van der Waals surface area contributed by atoms with Gasteiger partial charge in [-0.15, -0.1) is 0 Å². The first kappa shape index (κ1) is 31.3. The number of likely N-dealkylation sites (tertiary alicyclic amines) is 2. The first-order chi connectivity index (χ1) is 20.8. The van der Waals surface area contributed by atoms with E-state index in [0.29, 0.717) is 36.5 Å². The molecule has 5 rings (SSSR count). The van der Waals surface area contributed by atoms with Crippen LogP contribution < -0.4 is 25.6 Å². The highest BCUT2D eigenvalue weighted by Crippen LogP contribution is 2.27. The van der Waals surface area contributed by atoms with Crippen molar-refractivity contribution < 1.29 is 23.9 Å². The predicted molar refractivity (Wildman–Crippen MR) is 164 cm³/mol. The molecule has 3 aliphatic heterocycles. The van der Waals surface area contributed by atoms with Crippen molar-refractivity contribution in [3.63, 3.8) is 0 Å². The van der Waals surface area contributed by atoms with Gasteiger partial charge in [0, 0.05) is 50.7 Å². The summed E-state index contributed by atoms with van der Waals surface area (Å²) in [6, 6.07) is 5.45. The minimum atomic E-state index is -0.444. The van der Waals surface area contributed by atoms with E-state index in [-0.39, 0.29) is 36.8 Å². The summed E-state index contributed by atoms with van der Waals surface area (Å²) in [7, 11) is 0. The molecule has 11 heteroatoms. The highest BCUT2D eigenvalue weighted by Gasteiger charge is 2.28. The highest BCUT2D eigenvalue weighted by molar-refractivity contribution is 6.06. The number of hydrogen-bond donors (Lipinski definition) is 3. The normalized spacial score (nSPS) is 21.8. The molecule has 5 amide bonds. The summed E-state index contributed by atoms with van der Waals surface area (Å²) in [6.07, 6.45) is 10.4. The van der Waals surface area contributed by atoms with Crippen LogP contribution in [0, 0.1) is 12.8 Å². The van der Waals surface area contributed by atoms with Crippen molar-refractivity contribution in [2.75, 3.05) is 57.3 Å². The number of aryl methyl sites for hydroxylation is 1. The summed E-state index contributed by atoms with van der Waals surface area (Å²) in [4.78, 5) is 55.2. The molecule has 11 nitrogen and oxygen atoms in total. The second kappa shape index (κ2) is 15.0. The molecule has 4 fully saturated rings. The van der Waals surface area contributed by atoms with Crippen LogP contribution in [0.2, 0.25) is 0 Å². The number of rotatable bonds is 10. The van der Waals surface area contributed by atoms with Gasteiger partial charge in [-0.1, -0.05) is 25.3 Å². The Hall–Kier alpha value is -3.18. The maximum Gasteiger partial charge on any atom is 0.328 e. The molecular formula is C32H48N6O5. The van der Waals surface area contributed by atoms with Crippen molar-refractivity contribution in [1.29, 1.82) is 0 Å². The van der Waals surface area contributed by atoms with Crippen LogP contribution in [-0.2, 0) is 14.4 Å². The van der Waals surface area contributed by atoms with Crippen molar-refractivity contribution in [2.45, 2.75) is 83.2 Å². The Morgan fingerprint density at radius 3 is 2.26 bits per heavy atom. The fraction of sp³-hybridized carbons (Fsp3) is 0.688. The average molecular weight is 597 g/mol. The summed E-state index contributed by atoms with van der Waals surface area (Å²) >= 11 is 0. The highest BCUT2D eigenvalue weighted by atomic mass is 16.5. The number of anilines is 1. The predicted octanol–water partition coefficient (Wildman–Crippen LogP) is 2.56. The van der Waals surface area contributed by atoms with Gasteiger partial charge in [0.25, 0.3) is 5.91 Å². The molecule has 0 spiro atoms. The first-order valence-electron chi connectivity index (χ1n) is 16.2. The number of nitrogens with one attached hydrogen (secondary N) is 3. The zero-order valence-electron chi connectivity index (χ0n) is 25.6. The third-order valence-electron chi connectivity index (χ3n) is 9.41. The van der Waals surface area contributed by atoms with E-state index >= 15 is 0 Å². The molecule has 43 heavy (non-hydrogen) atoms. The van der Waals surface area contributed by atoms with Gasteiger partial charge in [0.2, 0.25) is 11.8 Å². The van der Waals surface area contributed by atoms with Crippen molar-refractivity contribution in [3.8, 4) is 5.75 Å². The van der Waals surface area contributed by atoms with Crippen LogP contribution in [0.3, 0.4) is 0 Å². The van der Waals surface area contributed by atoms with Crippen LogP contribution in [0.15, 0.2) is 18.2 Å². The second-order valence-electron chi connectivity index (χ2n) is 12.8. The maximum absolute atomic E-state index is 12.6. The second-order valence-corrected chi connectivity index (χ2v) is 12.8. The lowest BCUT2D eigenvalue weighted by molar-refractivity contribution is -0.124. The van der Waals surface area contributed by atoms with Gasteiger partial charge in [0.15, 0.2) is 6.61 Å². The number of nitrogens with zero attached hydrogens (tertiary/aromatic N) is 3. The number of carbonyl (C=O) groups excluding carboxylic acids is 4. The summed E-state index contributed by atoms with van der Waals surface area (Å²) < 4.78 is 5.77. The number of ether oxygens (including phenoxy) is 1. The first-order valence-corrected chi connectivity index (χ1v) is 16.2. The molecule has 3 saturated heterocycles. The summed E-state index contributed by atoms with van der Waals surface area (Å²) in [6.45, 7) is 7.65. The Labute approximate surface area is 255 Å². The monoisotopic (exact) mass is 596 g/mol. The molecule has 0 radical (unpaired) electrons. The molecule has 236 valence electrons. The van der Waals surface area contributed by atoms with E-state index in [1.54, 1.807) is 12.1 Å². The molecule has 0 bridgehead atoms. The van der Waals surface area contributed by atoms with E-state index in [0.717, 1.165) is 76.8 Å². The number of hydrogen-bond acceptors (Lipinski definition) is 7. The van der Waals surface area contributed by atoms with Crippen molar-refractivity contribution in [1.82, 2.24) is 25.8 Å². The van der Waals surface area contributed by atoms with Crippen LogP contribution in [0.4, 0.5) is 10.5 Å². The number of piperidine rings is 2. The van der Waals surface area contributed by atoms with E-state index in [1.807, 2.05) is 13.0 Å². The molecule has 1 aliphatic carbocycles. The number of amides is 5. The number of imide groups is 1. The van der Waals surface area contributed by atoms with Crippen LogP contribution in [-0.4, -0.2) is 98.1 Å². The summed E-state index contributed by atoms with van der Waals surface area (Å²) in [5.41, 5.74) is 1.55. The van der Waals surface area contributed by atoms with E-state index in [4.69, 9.17) is 4.74 Å². The van der Waals surface area contributed by atoms with Gasteiger partial charge in [0.05, 0.1) is 12.2 Å². The van der Waals surface area contributed by atoms with Crippen molar-refractivity contribution in [2.24, 2.45) is 5.92 Å². The largest absolute Gasteiger partial charge is 0.484 e. The lowest BCUT2D eigenvalue weighted by atomic mass is 9.94. The van der Waals surface area contributed by atoms with E-state index in [9.17, 15) is 19.2 Å². The smallest absolute Gasteiger partial charge is 0.328 e. The Bertz CT molecular complexity index is 1140. The van der Waals surface area contributed by atoms with Crippen molar-refractivity contribution in [3.05, 3.63) is 23.8 Å².